The summed E-state index contributed by atoms with van der Waals surface area (Å²) < 4.78 is 5.66. The maximum atomic E-state index is 12.4. The van der Waals surface area contributed by atoms with Gasteiger partial charge in [-0.25, -0.2) is 0 Å². The van der Waals surface area contributed by atoms with Gasteiger partial charge < -0.3 is 4.74 Å². The average molecular weight is 303 g/mol. The van der Waals surface area contributed by atoms with Crippen molar-refractivity contribution in [1.29, 1.82) is 0 Å². The molecule has 0 aliphatic heterocycles. The van der Waals surface area contributed by atoms with E-state index in [0.29, 0.717) is 11.3 Å². The highest BCUT2D eigenvalue weighted by Gasteiger charge is 2.14. The number of nitrogens with zero attached hydrogens (tertiary/aromatic N) is 3. The number of non-ortho nitro benzene ring substituents is 1. The molecule has 0 aliphatic carbocycles. The summed E-state index contributed by atoms with van der Waals surface area (Å²) in [7, 11) is 1.24. The van der Waals surface area contributed by atoms with Crippen molar-refractivity contribution in [3.05, 3.63) is 62.1 Å². The molecule has 0 aliphatic rings. The molecule has 0 saturated heterocycles. The molecule has 1 aromatic heterocycles. The zero-order valence-corrected chi connectivity index (χ0v) is 12.0. The highest BCUT2D eigenvalue weighted by atomic mass is 16.6. The molecule has 0 atom stereocenters. The van der Waals surface area contributed by atoms with Crippen LogP contribution in [0.1, 0.15) is 11.1 Å². The van der Waals surface area contributed by atoms with Gasteiger partial charge in [0.2, 0.25) is 0 Å². The summed E-state index contributed by atoms with van der Waals surface area (Å²) in [5.41, 5.74) is 0.688. The minimum atomic E-state index is -0.530. The summed E-state index contributed by atoms with van der Waals surface area (Å²) in [6, 6.07) is 5.40. The van der Waals surface area contributed by atoms with Gasteiger partial charge in [0.1, 0.15) is 0 Å². The third-order valence-electron chi connectivity index (χ3n) is 3.15. The Hall–Kier alpha value is -3.03. The third kappa shape index (κ3) is 3.00. The normalized spacial score (nSPS) is 10.3. The van der Waals surface area contributed by atoms with Crippen LogP contribution < -0.4 is 5.56 Å². The van der Waals surface area contributed by atoms with Crippen molar-refractivity contribution in [3.63, 3.8) is 0 Å². The second-order valence-electron chi connectivity index (χ2n) is 4.55. The number of benzene rings is 1. The first-order valence-corrected chi connectivity index (χ1v) is 6.33. The number of rotatable bonds is 4. The van der Waals surface area contributed by atoms with Crippen molar-refractivity contribution in [2.75, 3.05) is 7.11 Å². The lowest BCUT2D eigenvalue weighted by atomic mass is 10.1. The van der Waals surface area contributed by atoms with Gasteiger partial charge in [0.05, 0.1) is 30.3 Å². The number of esters is 1. The number of aromatic nitrogens is 2. The predicted octanol–water partition coefficient (Wildman–Crippen LogP) is 1.16. The zero-order chi connectivity index (χ0) is 16.3. The first-order valence-electron chi connectivity index (χ1n) is 6.33. The molecule has 2 rings (SSSR count). The van der Waals surface area contributed by atoms with E-state index in [2.05, 4.69) is 9.84 Å². The molecule has 0 saturated carbocycles. The van der Waals surface area contributed by atoms with Crippen LogP contribution in [0.5, 0.6) is 0 Å². The minimum Gasteiger partial charge on any atom is -0.469 e. The number of hydrogen-bond donors (Lipinski definition) is 0. The van der Waals surface area contributed by atoms with E-state index in [0.717, 1.165) is 4.68 Å². The summed E-state index contributed by atoms with van der Waals surface area (Å²) in [4.78, 5) is 33.9. The highest BCUT2D eigenvalue weighted by molar-refractivity contribution is 5.72. The fourth-order valence-corrected chi connectivity index (χ4v) is 1.90. The number of aryl methyl sites for hydroxylation is 1. The van der Waals surface area contributed by atoms with Crippen LogP contribution in [-0.4, -0.2) is 27.8 Å². The number of methoxy groups -OCH3 is 1. The number of nitro groups is 1. The Kier molecular flexibility index (Phi) is 4.31. The van der Waals surface area contributed by atoms with Gasteiger partial charge in [0.25, 0.3) is 11.2 Å². The minimum absolute atomic E-state index is 0.0845. The Labute approximate surface area is 125 Å². The zero-order valence-electron chi connectivity index (χ0n) is 12.0. The van der Waals surface area contributed by atoms with Crippen molar-refractivity contribution in [1.82, 2.24) is 9.78 Å². The van der Waals surface area contributed by atoms with Crippen LogP contribution in [0.25, 0.3) is 5.69 Å². The second kappa shape index (κ2) is 6.17. The summed E-state index contributed by atoms with van der Waals surface area (Å²) in [6.45, 7) is 1.67. The van der Waals surface area contributed by atoms with Crippen molar-refractivity contribution in [2.24, 2.45) is 0 Å². The fourth-order valence-electron chi connectivity index (χ4n) is 1.90. The predicted molar refractivity (Wildman–Crippen MR) is 76.9 cm³/mol. The number of hydrogen-bond acceptors (Lipinski definition) is 6. The van der Waals surface area contributed by atoms with Gasteiger partial charge >= 0.3 is 5.97 Å². The Morgan fingerprint density at radius 3 is 2.55 bits per heavy atom. The Balaban J connectivity index is 2.48. The van der Waals surface area contributed by atoms with E-state index in [1.165, 1.54) is 37.6 Å². The van der Waals surface area contributed by atoms with E-state index in [1.54, 1.807) is 6.92 Å². The third-order valence-corrected chi connectivity index (χ3v) is 3.15. The van der Waals surface area contributed by atoms with Crippen LogP contribution in [0, 0.1) is 17.0 Å². The molecular weight excluding hydrogens is 290 g/mol. The van der Waals surface area contributed by atoms with E-state index in [9.17, 15) is 19.7 Å². The summed E-state index contributed by atoms with van der Waals surface area (Å²) in [5, 5.41) is 14.6. The number of carbonyl (C=O) groups is 1. The number of carbonyl (C=O) groups excluding carboxylic acids is 1. The van der Waals surface area contributed by atoms with Crippen molar-refractivity contribution >= 4 is 11.7 Å². The van der Waals surface area contributed by atoms with E-state index in [1.807, 2.05) is 0 Å². The van der Waals surface area contributed by atoms with Gasteiger partial charge in [-0.15, -0.1) is 0 Å². The molecule has 0 unspecified atom stereocenters. The fraction of sp³-hybridized carbons (Fsp3) is 0.214. The molecule has 0 N–H and O–H groups in total. The monoisotopic (exact) mass is 303 g/mol. The van der Waals surface area contributed by atoms with Crippen molar-refractivity contribution in [2.45, 2.75) is 13.3 Å². The summed E-state index contributed by atoms with van der Waals surface area (Å²) >= 11 is 0. The molecule has 8 nitrogen and oxygen atoms in total. The summed E-state index contributed by atoms with van der Waals surface area (Å²) in [5.74, 6) is -0.526. The van der Waals surface area contributed by atoms with Crippen LogP contribution in [0.4, 0.5) is 5.69 Å². The molecule has 8 heteroatoms. The van der Waals surface area contributed by atoms with E-state index in [-0.39, 0.29) is 17.7 Å². The van der Waals surface area contributed by atoms with Gasteiger partial charge in [0.15, 0.2) is 0 Å². The molecule has 0 bridgehead atoms. The number of ether oxygens (including phenoxy) is 1. The van der Waals surface area contributed by atoms with E-state index < -0.39 is 16.5 Å². The molecule has 22 heavy (non-hydrogen) atoms. The maximum absolute atomic E-state index is 12.4. The van der Waals surface area contributed by atoms with Crippen LogP contribution >= 0.6 is 0 Å². The quantitative estimate of drug-likeness (QED) is 0.477. The van der Waals surface area contributed by atoms with E-state index >= 15 is 0 Å². The lowest BCUT2D eigenvalue weighted by Crippen LogP contribution is -2.27. The van der Waals surface area contributed by atoms with Crippen molar-refractivity contribution in [3.8, 4) is 5.69 Å². The molecule has 0 spiro atoms. The van der Waals surface area contributed by atoms with Gasteiger partial charge in [-0.1, -0.05) is 0 Å². The Morgan fingerprint density at radius 1 is 1.36 bits per heavy atom. The second-order valence-corrected chi connectivity index (χ2v) is 4.55. The van der Waals surface area contributed by atoms with Gasteiger partial charge in [-0.2, -0.15) is 9.78 Å². The topological polar surface area (TPSA) is 104 Å². The SMILES string of the molecule is COC(=O)Cc1c(C)cnn(-c2ccc([N+](=O)[O-])cc2)c1=O. The smallest absolute Gasteiger partial charge is 0.310 e. The summed E-state index contributed by atoms with van der Waals surface area (Å²) in [6.07, 6.45) is 1.30. The van der Waals surface area contributed by atoms with Crippen LogP contribution in [0.15, 0.2) is 35.3 Å². The largest absolute Gasteiger partial charge is 0.469 e. The van der Waals surface area contributed by atoms with Crippen LogP contribution in [0.2, 0.25) is 0 Å². The lowest BCUT2D eigenvalue weighted by Gasteiger charge is -2.08. The average Bonchev–Trinajstić information content (AvgIpc) is 2.51. The Bertz CT molecular complexity index is 780. The molecule has 2 aromatic rings. The molecule has 0 fully saturated rings. The van der Waals surface area contributed by atoms with Crippen LogP contribution in [0.3, 0.4) is 0 Å². The molecule has 114 valence electrons. The Morgan fingerprint density at radius 2 is 2.00 bits per heavy atom. The van der Waals surface area contributed by atoms with Gasteiger partial charge in [-0.3, -0.25) is 19.7 Å². The van der Waals surface area contributed by atoms with E-state index in [4.69, 9.17) is 0 Å². The van der Waals surface area contributed by atoms with Crippen LogP contribution in [-0.2, 0) is 16.0 Å². The van der Waals surface area contributed by atoms with Gasteiger partial charge in [-0.05, 0) is 24.6 Å². The lowest BCUT2D eigenvalue weighted by molar-refractivity contribution is -0.384. The van der Waals surface area contributed by atoms with Gasteiger partial charge in [0, 0.05) is 17.7 Å². The maximum Gasteiger partial charge on any atom is 0.310 e. The molecular formula is C14H13N3O5. The van der Waals surface area contributed by atoms with Crippen molar-refractivity contribution < 1.29 is 14.5 Å². The first kappa shape index (κ1) is 15.4. The number of nitro benzene ring substituents is 1. The molecule has 0 amide bonds. The molecule has 1 heterocycles. The molecule has 0 radical (unpaired) electrons. The first-order chi connectivity index (χ1) is 10.4. The molecule has 1 aromatic carbocycles. The highest BCUT2D eigenvalue weighted by Crippen LogP contribution is 2.14. The standard InChI is InChI=1S/C14H13N3O5/c1-9-8-15-16(14(19)12(9)7-13(18)22-2)10-3-5-11(6-4-10)17(20)21/h3-6,8H,7H2,1-2H3.